The van der Waals surface area contributed by atoms with Gasteiger partial charge in [-0.1, -0.05) is 32.3 Å². The number of likely N-dealkylation sites (N-methyl/N-ethyl adjacent to an activating group) is 1. The highest BCUT2D eigenvalue weighted by Crippen LogP contribution is 2.61. The lowest BCUT2D eigenvalue weighted by Gasteiger charge is -2.58. The molecule has 7 atom stereocenters. The van der Waals surface area contributed by atoms with E-state index in [1.807, 2.05) is 20.3 Å². The summed E-state index contributed by atoms with van der Waals surface area (Å²) in [5.41, 5.74) is -0.00840. The molecular formula is C25H44N2O3. The summed E-state index contributed by atoms with van der Waals surface area (Å²) < 4.78 is 0. The zero-order chi connectivity index (χ0) is 21.9. The molecule has 5 heteroatoms. The molecule has 30 heavy (non-hydrogen) atoms. The number of carbonyl (C=O) groups excluding carboxylic acids is 1. The molecular weight excluding hydrogens is 376 g/mol. The average Bonchev–Trinajstić information content (AvgIpc) is 2.70. The van der Waals surface area contributed by atoms with E-state index in [0.29, 0.717) is 30.1 Å². The third-order valence-electron chi connectivity index (χ3n) is 9.10. The first-order chi connectivity index (χ1) is 14.2. The minimum absolute atomic E-state index is 0.132. The predicted octanol–water partition coefficient (Wildman–Crippen LogP) is 4.53. The Kier molecular flexibility index (Phi) is 7.66. The van der Waals surface area contributed by atoms with Gasteiger partial charge < -0.3 is 14.8 Å². The second kappa shape index (κ2) is 9.68. The molecule has 0 aromatic heterocycles. The maximum absolute atomic E-state index is 13.8. The van der Waals surface area contributed by atoms with Gasteiger partial charge in [0.05, 0.1) is 6.10 Å². The van der Waals surface area contributed by atoms with Crippen molar-refractivity contribution in [3.05, 3.63) is 0 Å². The maximum Gasteiger partial charge on any atom is 0.142 e. The summed E-state index contributed by atoms with van der Waals surface area (Å²) in [6.45, 7) is 8.29. The number of rotatable bonds is 8. The zero-order valence-electron chi connectivity index (χ0n) is 19.9. The third kappa shape index (κ3) is 4.62. The van der Waals surface area contributed by atoms with E-state index in [4.69, 9.17) is 4.84 Å². The Morgan fingerprint density at radius 2 is 2.00 bits per heavy atom. The number of aliphatic hydroxyl groups is 1. The quantitative estimate of drug-likeness (QED) is 0.356. The fourth-order valence-electron chi connectivity index (χ4n) is 7.00. The predicted molar refractivity (Wildman–Crippen MR) is 121 cm³/mol. The third-order valence-corrected chi connectivity index (χ3v) is 9.10. The molecule has 0 radical (unpaired) electrons. The standard InChI is InChI=1S/C25H44N2O3/c1-6-18(11-14-26-30-16-15-27(4)5)25(3)13-10-22-21(23(25)29)8-7-19-17-20(28)9-12-24(19,22)2/h14,18-22,28H,6-13,15-17H2,1-5H3/b26-14+/t18-,19-,20+,21-,22+,24+,25-/m1/s1. The highest BCUT2D eigenvalue weighted by Gasteiger charge is 2.57. The molecule has 0 spiro atoms. The first-order valence-corrected chi connectivity index (χ1v) is 12.2. The minimum Gasteiger partial charge on any atom is -0.395 e. The van der Waals surface area contributed by atoms with Gasteiger partial charge in [0.15, 0.2) is 0 Å². The van der Waals surface area contributed by atoms with Gasteiger partial charge in [-0.15, -0.1) is 0 Å². The van der Waals surface area contributed by atoms with Crippen LogP contribution in [0.25, 0.3) is 0 Å². The van der Waals surface area contributed by atoms with E-state index in [1.165, 1.54) is 0 Å². The lowest BCUT2D eigenvalue weighted by molar-refractivity contribution is -0.157. The van der Waals surface area contributed by atoms with Gasteiger partial charge in [0.2, 0.25) is 0 Å². The van der Waals surface area contributed by atoms with Crippen LogP contribution in [0.3, 0.4) is 0 Å². The summed E-state index contributed by atoms with van der Waals surface area (Å²) in [6, 6.07) is 0. The van der Waals surface area contributed by atoms with E-state index in [9.17, 15) is 9.90 Å². The zero-order valence-corrected chi connectivity index (χ0v) is 19.9. The Morgan fingerprint density at radius 3 is 2.70 bits per heavy atom. The molecule has 1 N–H and O–H groups in total. The van der Waals surface area contributed by atoms with Crippen molar-refractivity contribution in [2.24, 2.45) is 39.7 Å². The smallest absolute Gasteiger partial charge is 0.142 e. The van der Waals surface area contributed by atoms with E-state index >= 15 is 0 Å². The molecule has 0 saturated heterocycles. The van der Waals surface area contributed by atoms with Crippen LogP contribution in [0.1, 0.15) is 78.6 Å². The summed E-state index contributed by atoms with van der Waals surface area (Å²) in [4.78, 5) is 21.3. The summed E-state index contributed by atoms with van der Waals surface area (Å²) in [6.07, 6.45) is 10.8. The van der Waals surface area contributed by atoms with Gasteiger partial charge in [0, 0.05) is 24.1 Å². The number of hydrogen-bond acceptors (Lipinski definition) is 5. The molecule has 0 aliphatic heterocycles. The number of fused-ring (bicyclic) bond motifs is 3. The second-order valence-electron chi connectivity index (χ2n) is 11.0. The van der Waals surface area contributed by atoms with E-state index in [1.54, 1.807) is 0 Å². The van der Waals surface area contributed by atoms with Crippen molar-refractivity contribution >= 4 is 12.0 Å². The number of ketones is 1. The summed E-state index contributed by atoms with van der Waals surface area (Å²) in [7, 11) is 4.04. The van der Waals surface area contributed by atoms with Crippen molar-refractivity contribution in [2.75, 3.05) is 27.2 Å². The monoisotopic (exact) mass is 420 g/mol. The largest absolute Gasteiger partial charge is 0.395 e. The molecule has 172 valence electrons. The van der Waals surface area contributed by atoms with Crippen molar-refractivity contribution in [3.8, 4) is 0 Å². The Labute approximate surface area is 183 Å². The average molecular weight is 421 g/mol. The van der Waals surface area contributed by atoms with Crippen LogP contribution in [-0.2, 0) is 9.63 Å². The molecule has 0 aromatic rings. The molecule has 3 saturated carbocycles. The van der Waals surface area contributed by atoms with Gasteiger partial charge in [-0.05, 0) is 88.6 Å². The van der Waals surface area contributed by atoms with Crippen molar-refractivity contribution in [1.29, 1.82) is 0 Å². The van der Waals surface area contributed by atoms with Crippen LogP contribution in [0.4, 0.5) is 0 Å². The second-order valence-corrected chi connectivity index (χ2v) is 11.0. The van der Waals surface area contributed by atoms with Crippen LogP contribution >= 0.6 is 0 Å². The number of carbonyl (C=O) groups is 1. The Morgan fingerprint density at radius 1 is 1.23 bits per heavy atom. The van der Waals surface area contributed by atoms with Crippen molar-refractivity contribution in [3.63, 3.8) is 0 Å². The van der Waals surface area contributed by atoms with E-state index < -0.39 is 0 Å². The Hall–Kier alpha value is -0.940. The lowest BCUT2D eigenvalue weighted by atomic mass is 9.46. The molecule has 0 bridgehead atoms. The highest BCUT2D eigenvalue weighted by atomic mass is 16.6. The van der Waals surface area contributed by atoms with Crippen molar-refractivity contribution < 1.29 is 14.7 Å². The number of nitrogens with zero attached hydrogens (tertiary/aromatic N) is 2. The summed E-state index contributed by atoms with van der Waals surface area (Å²) in [5.74, 6) is 2.14. The molecule has 3 fully saturated rings. The van der Waals surface area contributed by atoms with Gasteiger partial charge in [0.25, 0.3) is 0 Å². The van der Waals surface area contributed by atoms with Crippen LogP contribution in [-0.4, -0.2) is 55.4 Å². The van der Waals surface area contributed by atoms with Gasteiger partial charge in [-0.2, -0.15) is 0 Å². The summed E-state index contributed by atoms with van der Waals surface area (Å²) >= 11 is 0. The fraction of sp³-hybridized carbons (Fsp3) is 0.920. The first kappa shape index (κ1) is 23.7. The number of hydrogen-bond donors (Lipinski definition) is 1. The number of Topliss-reactive ketones (excluding diaryl/α,β-unsaturated/α-hetero) is 1. The Balaban J connectivity index is 1.64. The fourth-order valence-corrected chi connectivity index (χ4v) is 7.00. The summed E-state index contributed by atoms with van der Waals surface area (Å²) in [5, 5.41) is 14.3. The SMILES string of the molecule is CC[C@H](C/C=N/OCCN(C)C)[C@@]1(C)CC[C@H]2[C@@H](CC[C@@H]3C[C@@H](O)CC[C@@]32C)C1=O. The van der Waals surface area contributed by atoms with E-state index in [-0.39, 0.29) is 22.9 Å². The van der Waals surface area contributed by atoms with Crippen LogP contribution < -0.4 is 0 Å². The molecule has 0 heterocycles. The van der Waals surface area contributed by atoms with Crippen LogP contribution in [0.2, 0.25) is 0 Å². The first-order valence-electron chi connectivity index (χ1n) is 12.2. The number of aliphatic hydroxyl groups excluding tert-OH is 1. The molecule has 3 aliphatic carbocycles. The molecule has 3 aliphatic rings. The van der Waals surface area contributed by atoms with E-state index in [0.717, 1.165) is 64.3 Å². The van der Waals surface area contributed by atoms with Crippen molar-refractivity contribution in [1.82, 2.24) is 4.90 Å². The normalized spacial score (nSPS) is 40.3. The molecule has 0 unspecified atom stereocenters. The van der Waals surface area contributed by atoms with Crippen LogP contribution in [0, 0.1) is 34.5 Å². The van der Waals surface area contributed by atoms with Gasteiger partial charge in [-0.25, -0.2) is 0 Å². The maximum atomic E-state index is 13.8. The molecule has 3 rings (SSSR count). The minimum atomic E-state index is -0.247. The Bertz CT molecular complexity index is 622. The molecule has 0 amide bonds. The topological polar surface area (TPSA) is 62.1 Å². The molecule has 0 aromatic carbocycles. The molecule has 5 nitrogen and oxygen atoms in total. The van der Waals surface area contributed by atoms with Crippen LogP contribution in [0.5, 0.6) is 0 Å². The van der Waals surface area contributed by atoms with Gasteiger partial charge in [0.1, 0.15) is 12.4 Å². The van der Waals surface area contributed by atoms with Crippen molar-refractivity contribution in [2.45, 2.75) is 84.7 Å². The van der Waals surface area contributed by atoms with Crippen LogP contribution in [0.15, 0.2) is 5.16 Å². The van der Waals surface area contributed by atoms with Gasteiger partial charge >= 0.3 is 0 Å². The lowest BCUT2D eigenvalue weighted by Crippen LogP contribution is -2.56. The van der Waals surface area contributed by atoms with Gasteiger partial charge in [-0.3, -0.25) is 4.79 Å². The van der Waals surface area contributed by atoms with E-state index in [2.05, 4.69) is 30.8 Å². The highest BCUT2D eigenvalue weighted by molar-refractivity contribution is 5.88. The number of oxime groups is 1.